The molecule has 150 valence electrons. The third-order valence-electron chi connectivity index (χ3n) is 5.84. The number of imidazole rings is 1. The Hall–Kier alpha value is -1.75. The summed E-state index contributed by atoms with van der Waals surface area (Å²) in [4.78, 5) is 12.5. The number of aliphatic hydroxyl groups excluding tert-OH is 1. The number of hydrogen-bond acceptors (Lipinski definition) is 8. The molecule has 0 saturated carbocycles. The standard InChI is InChI=1S/C17H30N6O3Si/c1-16(2,3)27(5,6)26-10-7-11(25-17(10,4)8-24)23-9-20-12-13(18)21-15(19)22-14(12)23/h9-11,24H,7-8H2,1-6H3,(H4,18,19,21,22)/t10-,11+,17+/m0/s1. The molecular formula is C17H30N6O3Si. The van der Waals surface area contributed by atoms with Crippen LogP contribution in [0, 0.1) is 0 Å². The Labute approximate surface area is 160 Å². The summed E-state index contributed by atoms with van der Waals surface area (Å²) in [6.45, 7) is 12.7. The molecule has 5 N–H and O–H groups in total. The van der Waals surface area contributed by atoms with E-state index in [2.05, 4.69) is 48.8 Å². The molecule has 0 aliphatic carbocycles. The minimum Gasteiger partial charge on any atom is -0.411 e. The molecule has 3 rings (SSSR count). The highest BCUT2D eigenvalue weighted by Crippen LogP contribution is 2.45. The van der Waals surface area contributed by atoms with Crippen LogP contribution in [0.1, 0.15) is 40.3 Å². The number of fused-ring (bicyclic) bond motifs is 1. The van der Waals surface area contributed by atoms with Gasteiger partial charge in [0, 0.05) is 6.42 Å². The van der Waals surface area contributed by atoms with Crippen molar-refractivity contribution in [1.82, 2.24) is 19.5 Å². The van der Waals surface area contributed by atoms with Crippen LogP contribution in [-0.4, -0.2) is 51.3 Å². The van der Waals surface area contributed by atoms with Gasteiger partial charge < -0.3 is 25.7 Å². The van der Waals surface area contributed by atoms with E-state index >= 15 is 0 Å². The molecule has 1 aliphatic heterocycles. The van der Waals surface area contributed by atoms with Crippen molar-refractivity contribution in [1.29, 1.82) is 0 Å². The molecule has 3 atom stereocenters. The largest absolute Gasteiger partial charge is 0.411 e. The van der Waals surface area contributed by atoms with Crippen LogP contribution >= 0.6 is 0 Å². The number of hydrogen-bond donors (Lipinski definition) is 3. The van der Waals surface area contributed by atoms with Crippen molar-refractivity contribution >= 4 is 31.2 Å². The lowest BCUT2D eigenvalue weighted by atomic mass is 10.0. The lowest BCUT2D eigenvalue weighted by molar-refractivity contribution is -0.112. The second kappa shape index (κ2) is 6.40. The van der Waals surface area contributed by atoms with E-state index < -0.39 is 20.1 Å². The summed E-state index contributed by atoms with van der Waals surface area (Å²) in [5.41, 5.74) is 11.8. The summed E-state index contributed by atoms with van der Waals surface area (Å²) in [6, 6.07) is 0. The lowest BCUT2D eigenvalue weighted by Gasteiger charge is -2.41. The Morgan fingerprint density at radius 1 is 1.37 bits per heavy atom. The van der Waals surface area contributed by atoms with E-state index in [0.717, 1.165) is 0 Å². The zero-order chi connectivity index (χ0) is 20.2. The van der Waals surface area contributed by atoms with E-state index in [4.69, 9.17) is 20.6 Å². The highest BCUT2D eigenvalue weighted by molar-refractivity contribution is 6.74. The summed E-state index contributed by atoms with van der Waals surface area (Å²) < 4.78 is 14.6. The van der Waals surface area contributed by atoms with Crippen LogP contribution in [0.4, 0.5) is 11.8 Å². The molecule has 0 unspecified atom stereocenters. The maximum atomic E-state index is 10.0. The first-order valence-corrected chi connectivity index (χ1v) is 12.0. The molecule has 0 spiro atoms. The van der Waals surface area contributed by atoms with Crippen LogP contribution in [0.5, 0.6) is 0 Å². The quantitative estimate of drug-likeness (QED) is 0.671. The van der Waals surface area contributed by atoms with E-state index in [1.54, 1.807) is 10.9 Å². The maximum absolute atomic E-state index is 10.0. The molecule has 27 heavy (non-hydrogen) atoms. The van der Waals surface area contributed by atoms with Crippen LogP contribution in [0.2, 0.25) is 18.1 Å². The number of rotatable bonds is 4. The molecule has 3 heterocycles. The second-order valence-corrected chi connectivity index (χ2v) is 13.7. The van der Waals surface area contributed by atoms with Gasteiger partial charge in [0.05, 0.1) is 19.0 Å². The van der Waals surface area contributed by atoms with Crippen LogP contribution in [0.15, 0.2) is 6.33 Å². The molecule has 2 aromatic heterocycles. The monoisotopic (exact) mass is 394 g/mol. The molecule has 9 nitrogen and oxygen atoms in total. The van der Waals surface area contributed by atoms with Gasteiger partial charge in [-0.1, -0.05) is 20.8 Å². The topological polar surface area (TPSA) is 134 Å². The average molecular weight is 395 g/mol. The lowest BCUT2D eigenvalue weighted by Crippen LogP contribution is -2.50. The van der Waals surface area contributed by atoms with Crippen LogP contribution in [0.25, 0.3) is 11.2 Å². The Morgan fingerprint density at radius 2 is 2.04 bits per heavy atom. The Kier molecular flexibility index (Phi) is 4.74. The van der Waals surface area contributed by atoms with Gasteiger partial charge in [0.15, 0.2) is 19.8 Å². The predicted molar refractivity (Wildman–Crippen MR) is 106 cm³/mol. The molecule has 10 heteroatoms. The van der Waals surface area contributed by atoms with Gasteiger partial charge in [-0.15, -0.1) is 0 Å². The summed E-state index contributed by atoms with van der Waals surface area (Å²) in [5, 5.41) is 10.1. The van der Waals surface area contributed by atoms with Gasteiger partial charge in [-0.05, 0) is 25.1 Å². The molecule has 1 aliphatic rings. The van der Waals surface area contributed by atoms with Crippen LogP contribution in [-0.2, 0) is 9.16 Å². The first kappa shape index (κ1) is 20.0. The van der Waals surface area contributed by atoms with Gasteiger partial charge in [-0.2, -0.15) is 9.97 Å². The molecule has 1 saturated heterocycles. The molecule has 0 radical (unpaired) electrons. The third kappa shape index (κ3) is 3.42. The first-order chi connectivity index (χ1) is 12.4. The zero-order valence-electron chi connectivity index (χ0n) is 16.9. The number of nitrogen functional groups attached to an aromatic ring is 2. The van der Waals surface area contributed by atoms with Gasteiger partial charge in [-0.25, -0.2) is 4.98 Å². The van der Waals surface area contributed by atoms with Gasteiger partial charge in [0.1, 0.15) is 17.3 Å². The minimum atomic E-state index is -2.04. The summed E-state index contributed by atoms with van der Waals surface area (Å²) in [7, 11) is -2.04. The number of aliphatic hydroxyl groups is 1. The van der Waals surface area contributed by atoms with Crippen molar-refractivity contribution in [3.05, 3.63) is 6.33 Å². The fourth-order valence-electron chi connectivity index (χ4n) is 3.05. The Morgan fingerprint density at radius 3 is 2.63 bits per heavy atom. The highest BCUT2D eigenvalue weighted by atomic mass is 28.4. The van der Waals surface area contributed by atoms with Crippen molar-refractivity contribution in [2.75, 3.05) is 18.1 Å². The van der Waals surface area contributed by atoms with Crippen molar-refractivity contribution in [2.24, 2.45) is 0 Å². The van der Waals surface area contributed by atoms with Crippen molar-refractivity contribution in [2.45, 2.75) is 70.2 Å². The number of ether oxygens (including phenoxy) is 1. The summed E-state index contributed by atoms with van der Waals surface area (Å²) in [5.74, 6) is 0.312. The van der Waals surface area contributed by atoms with E-state index in [0.29, 0.717) is 17.6 Å². The van der Waals surface area contributed by atoms with Crippen LogP contribution < -0.4 is 11.5 Å². The number of nitrogens with two attached hydrogens (primary N) is 2. The average Bonchev–Trinajstić information content (AvgIpc) is 3.08. The van der Waals surface area contributed by atoms with Crippen molar-refractivity contribution < 1.29 is 14.3 Å². The van der Waals surface area contributed by atoms with Crippen LogP contribution in [0.3, 0.4) is 0 Å². The van der Waals surface area contributed by atoms with Crippen molar-refractivity contribution in [3.63, 3.8) is 0 Å². The molecule has 0 amide bonds. The normalized spacial score (nSPS) is 26.8. The Balaban J connectivity index is 1.94. The number of anilines is 2. The minimum absolute atomic E-state index is 0.0548. The van der Waals surface area contributed by atoms with Gasteiger partial charge in [0.2, 0.25) is 5.95 Å². The van der Waals surface area contributed by atoms with E-state index in [1.807, 2.05) is 6.92 Å². The fraction of sp³-hybridized carbons (Fsp3) is 0.706. The van der Waals surface area contributed by atoms with Crippen molar-refractivity contribution in [3.8, 4) is 0 Å². The number of nitrogens with zero attached hydrogens (tertiary/aromatic N) is 4. The summed E-state index contributed by atoms with van der Waals surface area (Å²) >= 11 is 0. The molecular weight excluding hydrogens is 364 g/mol. The predicted octanol–water partition coefficient (Wildman–Crippen LogP) is 2.05. The maximum Gasteiger partial charge on any atom is 0.224 e. The second-order valence-electron chi connectivity index (χ2n) is 8.94. The SMILES string of the molecule is CC(C)(C)[Si](C)(C)O[C@H]1C[C@H](n2cnc3c(N)nc(N)nc32)O[C@]1(C)CO. The Bertz CT molecular complexity index is 849. The smallest absolute Gasteiger partial charge is 0.224 e. The summed E-state index contributed by atoms with van der Waals surface area (Å²) in [6.07, 6.45) is 1.54. The van der Waals surface area contributed by atoms with Gasteiger partial charge in [-0.3, -0.25) is 4.57 Å². The molecule has 0 bridgehead atoms. The fourth-order valence-corrected chi connectivity index (χ4v) is 4.46. The third-order valence-corrected chi connectivity index (χ3v) is 10.3. The number of aromatic nitrogens is 4. The van der Waals surface area contributed by atoms with Gasteiger partial charge in [0.25, 0.3) is 0 Å². The molecule has 2 aromatic rings. The molecule has 1 fully saturated rings. The van der Waals surface area contributed by atoms with E-state index in [9.17, 15) is 5.11 Å². The van der Waals surface area contributed by atoms with E-state index in [1.165, 1.54) is 0 Å². The van der Waals surface area contributed by atoms with E-state index in [-0.39, 0.29) is 29.5 Å². The molecule has 0 aromatic carbocycles. The first-order valence-electron chi connectivity index (χ1n) is 9.10. The van der Waals surface area contributed by atoms with Gasteiger partial charge >= 0.3 is 0 Å². The zero-order valence-corrected chi connectivity index (χ0v) is 17.9. The highest BCUT2D eigenvalue weighted by Gasteiger charge is 2.51.